The number of carbonyl (C=O) groups is 1. The standard InChI is InChI=1S/C23H21N3O2/c1-3-28-19-9-5-7-17(14-19)23(27)24-18-8-4-6-16(13-18)22-25-20-11-10-15(2)12-21(20)26-22/h4-14H,3H2,1-2H3,(H,24,27)(H,25,26). The van der Waals surface area contributed by atoms with Gasteiger partial charge < -0.3 is 15.0 Å². The Kier molecular flexibility index (Phi) is 4.81. The fraction of sp³-hybridized carbons (Fsp3) is 0.130. The molecular formula is C23H21N3O2. The molecule has 1 amide bonds. The molecule has 1 aromatic heterocycles. The van der Waals surface area contributed by atoms with Crippen molar-refractivity contribution in [2.24, 2.45) is 0 Å². The van der Waals surface area contributed by atoms with Gasteiger partial charge >= 0.3 is 0 Å². The molecule has 4 rings (SSSR count). The summed E-state index contributed by atoms with van der Waals surface area (Å²) in [6.07, 6.45) is 0. The summed E-state index contributed by atoms with van der Waals surface area (Å²) in [5.41, 5.74) is 5.27. The van der Waals surface area contributed by atoms with Crippen molar-refractivity contribution in [2.45, 2.75) is 13.8 Å². The number of hydrogen-bond acceptors (Lipinski definition) is 3. The lowest BCUT2D eigenvalue weighted by Crippen LogP contribution is -2.12. The summed E-state index contributed by atoms with van der Waals surface area (Å²) in [6, 6.07) is 20.9. The molecule has 1 heterocycles. The molecule has 0 spiro atoms. The van der Waals surface area contributed by atoms with E-state index in [1.165, 1.54) is 5.56 Å². The second-order valence-electron chi connectivity index (χ2n) is 6.60. The van der Waals surface area contributed by atoms with Crippen LogP contribution in [0.4, 0.5) is 5.69 Å². The van der Waals surface area contributed by atoms with Gasteiger partial charge in [0.15, 0.2) is 0 Å². The number of benzene rings is 3. The van der Waals surface area contributed by atoms with Crippen LogP contribution in [0.25, 0.3) is 22.4 Å². The lowest BCUT2D eigenvalue weighted by Gasteiger charge is -2.08. The van der Waals surface area contributed by atoms with Gasteiger partial charge in [0.05, 0.1) is 17.6 Å². The number of nitrogens with zero attached hydrogens (tertiary/aromatic N) is 1. The minimum absolute atomic E-state index is 0.182. The van der Waals surface area contributed by atoms with E-state index in [-0.39, 0.29) is 5.91 Å². The number of hydrogen-bond donors (Lipinski definition) is 2. The number of H-pyrrole nitrogens is 1. The van der Waals surface area contributed by atoms with E-state index in [0.717, 1.165) is 22.4 Å². The quantitative estimate of drug-likeness (QED) is 0.507. The van der Waals surface area contributed by atoms with Gasteiger partial charge in [0.2, 0.25) is 0 Å². The lowest BCUT2D eigenvalue weighted by molar-refractivity contribution is 0.102. The molecule has 28 heavy (non-hydrogen) atoms. The number of aromatic amines is 1. The van der Waals surface area contributed by atoms with Crippen molar-refractivity contribution in [3.63, 3.8) is 0 Å². The first-order valence-electron chi connectivity index (χ1n) is 9.23. The van der Waals surface area contributed by atoms with E-state index in [1.54, 1.807) is 12.1 Å². The fourth-order valence-corrected chi connectivity index (χ4v) is 3.10. The predicted molar refractivity (Wildman–Crippen MR) is 112 cm³/mol. The molecule has 0 unspecified atom stereocenters. The number of amides is 1. The lowest BCUT2D eigenvalue weighted by atomic mass is 10.1. The van der Waals surface area contributed by atoms with Gasteiger partial charge in [-0.15, -0.1) is 0 Å². The van der Waals surface area contributed by atoms with E-state index < -0.39 is 0 Å². The first-order chi connectivity index (χ1) is 13.6. The number of rotatable bonds is 5. The zero-order valence-corrected chi connectivity index (χ0v) is 15.8. The number of anilines is 1. The van der Waals surface area contributed by atoms with Crippen LogP contribution in [0.15, 0.2) is 66.7 Å². The third-order valence-corrected chi connectivity index (χ3v) is 4.44. The highest BCUT2D eigenvalue weighted by molar-refractivity contribution is 6.04. The van der Waals surface area contributed by atoms with Crippen LogP contribution in [0, 0.1) is 6.92 Å². The number of fused-ring (bicyclic) bond motifs is 1. The Morgan fingerprint density at radius 2 is 1.93 bits per heavy atom. The number of aromatic nitrogens is 2. The minimum atomic E-state index is -0.182. The zero-order valence-electron chi connectivity index (χ0n) is 15.8. The maximum absolute atomic E-state index is 12.6. The Labute approximate surface area is 163 Å². The Hall–Kier alpha value is -3.60. The molecule has 5 heteroatoms. The summed E-state index contributed by atoms with van der Waals surface area (Å²) in [7, 11) is 0. The van der Waals surface area contributed by atoms with Crippen LogP contribution in [0.1, 0.15) is 22.8 Å². The van der Waals surface area contributed by atoms with E-state index in [2.05, 4.69) is 28.3 Å². The molecule has 0 aliphatic heterocycles. The molecule has 2 N–H and O–H groups in total. The molecule has 0 saturated carbocycles. The summed E-state index contributed by atoms with van der Waals surface area (Å²) in [4.78, 5) is 20.6. The van der Waals surface area contributed by atoms with Crippen molar-refractivity contribution >= 4 is 22.6 Å². The van der Waals surface area contributed by atoms with Crippen molar-refractivity contribution in [3.05, 3.63) is 77.9 Å². The molecule has 0 saturated heterocycles. The van der Waals surface area contributed by atoms with Crippen LogP contribution >= 0.6 is 0 Å². The van der Waals surface area contributed by atoms with Crippen LogP contribution < -0.4 is 10.1 Å². The summed E-state index contributed by atoms with van der Waals surface area (Å²) >= 11 is 0. The van der Waals surface area contributed by atoms with Crippen LogP contribution in [-0.2, 0) is 0 Å². The van der Waals surface area contributed by atoms with Crippen LogP contribution in [0.3, 0.4) is 0 Å². The highest BCUT2D eigenvalue weighted by atomic mass is 16.5. The number of ether oxygens (including phenoxy) is 1. The van der Waals surface area contributed by atoms with Gasteiger partial charge in [-0.2, -0.15) is 0 Å². The van der Waals surface area contributed by atoms with Crippen molar-refractivity contribution in [2.75, 3.05) is 11.9 Å². The first kappa shape index (κ1) is 17.8. The number of carbonyl (C=O) groups excluding carboxylic acids is 1. The molecule has 140 valence electrons. The molecule has 0 fully saturated rings. The highest BCUT2D eigenvalue weighted by Crippen LogP contribution is 2.24. The van der Waals surface area contributed by atoms with Crippen LogP contribution in [0.5, 0.6) is 5.75 Å². The average Bonchev–Trinajstić information content (AvgIpc) is 3.12. The van der Waals surface area contributed by atoms with E-state index in [4.69, 9.17) is 4.74 Å². The van der Waals surface area contributed by atoms with Crippen molar-refractivity contribution in [1.29, 1.82) is 0 Å². The molecular weight excluding hydrogens is 350 g/mol. The normalized spacial score (nSPS) is 10.8. The fourth-order valence-electron chi connectivity index (χ4n) is 3.10. The molecule has 0 atom stereocenters. The second-order valence-corrected chi connectivity index (χ2v) is 6.60. The smallest absolute Gasteiger partial charge is 0.255 e. The molecule has 0 radical (unpaired) electrons. The van der Waals surface area contributed by atoms with Gasteiger partial charge in [-0.05, 0) is 61.9 Å². The van der Waals surface area contributed by atoms with Crippen molar-refractivity contribution < 1.29 is 9.53 Å². The molecule has 4 aromatic rings. The van der Waals surface area contributed by atoms with Gasteiger partial charge in [-0.25, -0.2) is 4.98 Å². The first-order valence-corrected chi connectivity index (χ1v) is 9.23. The molecule has 0 bridgehead atoms. The number of aryl methyl sites for hydroxylation is 1. The minimum Gasteiger partial charge on any atom is -0.494 e. The monoisotopic (exact) mass is 371 g/mol. The molecule has 5 nitrogen and oxygen atoms in total. The van der Waals surface area contributed by atoms with E-state index >= 15 is 0 Å². The summed E-state index contributed by atoms with van der Waals surface area (Å²) in [5, 5.41) is 2.94. The van der Waals surface area contributed by atoms with Gasteiger partial charge in [-0.1, -0.05) is 24.3 Å². The molecule has 3 aromatic carbocycles. The van der Waals surface area contributed by atoms with Crippen LogP contribution in [-0.4, -0.2) is 22.5 Å². The summed E-state index contributed by atoms with van der Waals surface area (Å²) in [5.74, 6) is 1.27. The topological polar surface area (TPSA) is 67.0 Å². The largest absolute Gasteiger partial charge is 0.494 e. The third kappa shape index (κ3) is 3.74. The van der Waals surface area contributed by atoms with Gasteiger partial charge in [-0.3, -0.25) is 4.79 Å². The average molecular weight is 371 g/mol. The van der Waals surface area contributed by atoms with E-state index in [1.807, 2.05) is 55.5 Å². The van der Waals surface area contributed by atoms with E-state index in [0.29, 0.717) is 23.6 Å². The van der Waals surface area contributed by atoms with Crippen molar-refractivity contribution in [3.8, 4) is 17.1 Å². The molecule has 0 aliphatic carbocycles. The SMILES string of the molecule is CCOc1cccc(C(=O)Nc2cccc(-c3nc4ccc(C)cc4[nH]3)c2)c1. The summed E-state index contributed by atoms with van der Waals surface area (Å²) < 4.78 is 5.47. The summed E-state index contributed by atoms with van der Waals surface area (Å²) in [6.45, 7) is 4.53. The van der Waals surface area contributed by atoms with Gasteiger partial charge in [0.25, 0.3) is 5.91 Å². The van der Waals surface area contributed by atoms with E-state index in [9.17, 15) is 4.79 Å². The number of imidazole rings is 1. The maximum Gasteiger partial charge on any atom is 0.255 e. The predicted octanol–water partition coefficient (Wildman–Crippen LogP) is 5.19. The Bertz CT molecular complexity index is 1150. The van der Waals surface area contributed by atoms with Crippen LogP contribution in [0.2, 0.25) is 0 Å². The zero-order chi connectivity index (χ0) is 19.5. The Balaban J connectivity index is 1.58. The van der Waals surface area contributed by atoms with Crippen molar-refractivity contribution in [1.82, 2.24) is 9.97 Å². The van der Waals surface area contributed by atoms with Gasteiger partial charge in [0.1, 0.15) is 11.6 Å². The Morgan fingerprint density at radius 1 is 1.07 bits per heavy atom. The van der Waals surface area contributed by atoms with Gasteiger partial charge in [0, 0.05) is 16.8 Å². The second kappa shape index (κ2) is 7.56. The maximum atomic E-state index is 12.6. The highest BCUT2D eigenvalue weighted by Gasteiger charge is 2.10. The third-order valence-electron chi connectivity index (χ3n) is 4.44. The molecule has 0 aliphatic rings. The number of nitrogens with one attached hydrogen (secondary N) is 2. The Morgan fingerprint density at radius 3 is 2.79 bits per heavy atom.